The number of carboxylic acid groups (broad SMARTS) is 1. The molecule has 0 saturated heterocycles. The van der Waals surface area contributed by atoms with E-state index in [9.17, 15) is 33.1 Å². The average Bonchev–Trinajstić information content (AvgIpc) is 2.81. The van der Waals surface area contributed by atoms with Crippen LogP contribution in [0.5, 0.6) is 11.5 Å². The minimum atomic E-state index is -4.75. The van der Waals surface area contributed by atoms with Gasteiger partial charge in [-0.05, 0) is 121 Å². The third-order valence-electron chi connectivity index (χ3n) is 13.5. The molecule has 4 aliphatic carbocycles. The molecular weight excluding hydrogens is 527 g/mol. The Bertz CT molecular complexity index is 1350. The molecule has 0 radical (unpaired) electrons. The summed E-state index contributed by atoms with van der Waals surface area (Å²) in [6, 6.07) is 1.49. The fraction of sp³-hybridized carbons (Fsp3) is 0.767. The molecule has 7 nitrogen and oxygen atoms in total. The molecular formula is C30H43NaO7S. The Hall–Kier alpha value is -0.800. The van der Waals surface area contributed by atoms with Gasteiger partial charge in [0.2, 0.25) is 0 Å². The maximum Gasteiger partial charge on any atom is 1.00 e. The van der Waals surface area contributed by atoms with Crippen LogP contribution in [0.25, 0.3) is 0 Å². The molecule has 39 heavy (non-hydrogen) atoms. The molecule has 2 unspecified atom stereocenters. The Kier molecular flexibility index (Phi) is 7.07. The van der Waals surface area contributed by atoms with Crippen LogP contribution >= 0.6 is 0 Å². The maximum absolute atomic E-state index is 12.8. The van der Waals surface area contributed by atoms with E-state index in [4.69, 9.17) is 0 Å². The summed E-state index contributed by atoms with van der Waals surface area (Å²) >= 11 is 0. The van der Waals surface area contributed by atoms with Crippen molar-refractivity contribution in [3.8, 4) is 11.5 Å². The smallest absolute Gasteiger partial charge is 0.747 e. The van der Waals surface area contributed by atoms with Gasteiger partial charge in [0.15, 0.2) is 11.5 Å². The van der Waals surface area contributed by atoms with Crippen molar-refractivity contribution in [1.82, 2.24) is 0 Å². The van der Waals surface area contributed by atoms with Crippen molar-refractivity contribution in [2.45, 2.75) is 110 Å². The van der Waals surface area contributed by atoms with Crippen LogP contribution < -0.4 is 29.6 Å². The van der Waals surface area contributed by atoms with Gasteiger partial charge in [0.05, 0.1) is 10.7 Å². The zero-order valence-corrected chi connectivity index (χ0v) is 27.6. The van der Waals surface area contributed by atoms with E-state index < -0.39 is 32.2 Å². The first kappa shape index (κ1) is 31.1. The Balaban J connectivity index is 0.00000353. The molecule has 4 aliphatic rings. The van der Waals surface area contributed by atoms with Gasteiger partial charge in [-0.1, -0.05) is 34.6 Å². The maximum atomic E-state index is 12.8. The third-order valence-corrected chi connectivity index (χ3v) is 14.6. The number of phenolic OH excluding ortho intramolecular Hbond substituents is 2. The first-order valence-electron chi connectivity index (χ1n) is 13.9. The van der Waals surface area contributed by atoms with E-state index >= 15 is 0 Å². The Morgan fingerprint density at radius 3 is 2.10 bits per heavy atom. The summed E-state index contributed by atoms with van der Waals surface area (Å²) in [5.74, 6) is -1.59. The number of aromatic hydroxyl groups is 2. The number of aliphatic carboxylic acids is 1. The molecule has 0 aliphatic heterocycles. The first-order valence-corrected chi connectivity index (χ1v) is 15.4. The molecule has 5 rings (SSSR count). The summed E-state index contributed by atoms with van der Waals surface area (Å²) in [7, 11) is -4.75. The van der Waals surface area contributed by atoms with Gasteiger partial charge in [-0.15, -0.1) is 0 Å². The van der Waals surface area contributed by atoms with Crippen LogP contribution in [0.15, 0.2) is 6.07 Å². The summed E-state index contributed by atoms with van der Waals surface area (Å²) in [5.41, 5.74) is -1.07. The van der Waals surface area contributed by atoms with Gasteiger partial charge in [-0.2, -0.15) is 0 Å². The number of benzene rings is 1. The van der Waals surface area contributed by atoms with Crippen LogP contribution in [0.4, 0.5) is 0 Å². The normalized spacial score (nSPS) is 45.1. The fourth-order valence-electron chi connectivity index (χ4n) is 10.4. The number of carboxylic acids is 1. The largest absolute Gasteiger partial charge is 1.00 e. The van der Waals surface area contributed by atoms with Crippen molar-refractivity contribution in [1.29, 1.82) is 0 Å². The van der Waals surface area contributed by atoms with Gasteiger partial charge in [-0.25, -0.2) is 8.42 Å². The number of carbonyl (C=O) groups is 1. The second kappa shape index (κ2) is 8.85. The number of hydrogen-bond donors (Lipinski definition) is 3. The van der Waals surface area contributed by atoms with Crippen molar-refractivity contribution in [3.63, 3.8) is 0 Å². The van der Waals surface area contributed by atoms with Crippen LogP contribution in [-0.2, 0) is 20.3 Å². The van der Waals surface area contributed by atoms with Gasteiger partial charge < -0.3 is 19.9 Å². The molecule has 0 heterocycles. The van der Waals surface area contributed by atoms with Crippen LogP contribution in [-0.4, -0.2) is 34.3 Å². The molecule has 0 bridgehead atoms. The zero-order valence-electron chi connectivity index (χ0n) is 24.8. The molecule has 212 valence electrons. The van der Waals surface area contributed by atoms with E-state index in [-0.39, 0.29) is 80.6 Å². The predicted octanol–water partition coefficient (Wildman–Crippen LogP) is 3.16. The van der Waals surface area contributed by atoms with E-state index in [2.05, 4.69) is 34.6 Å². The Morgan fingerprint density at radius 2 is 1.54 bits per heavy atom. The average molecular weight is 571 g/mol. The summed E-state index contributed by atoms with van der Waals surface area (Å²) in [6.07, 6.45) is 5.54. The Labute approximate surface area is 255 Å². The number of rotatable bonds is 2. The van der Waals surface area contributed by atoms with Gasteiger partial charge in [0.1, 0.15) is 10.1 Å². The minimum Gasteiger partial charge on any atom is -0.747 e. The van der Waals surface area contributed by atoms with Gasteiger partial charge in [0, 0.05) is 0 Å². The van der Waals surface area contributed by atoms with Crippen molar-refractivity contribution in [2.75, 3.05) is 0 Å². The SMILES string of the molecule is Cc1c(O)c(O)cc2c1C(S(=O)(=O)[O-])CC1[C@@]2(C)CC[C@@]2(C)[C@]3(C)C[C@](C)(C(=O)O)CC[C@]3(C)CC[C@]12C.[Na+]. The van der Waals surface area contributed by atoms with Crippen molar-refractivity contribution < 1.29 is 62.6 Å². The standard InChI is InChI=1S/C30H44O7S.Na/c1-17-22-18(14-19(31)23(17)32)27(4)11-13-29(6)28(5,21(27)15-20(22)38(35,36)37)12-10-26(3)9-8-25(2,24(33)34)16-30(26,29)7;/h14,20-21,31-32H,8-13,15-16H2,1-7H3,(H,33,34)(H,35,36,37);/q;+1/p-1/t20?,21?,25-,26-,27+,28-,29-,30-;/m1./s1. The molecule has 0 aromatic heterocycles. The molecule has 1 aromatic carbocycles. The van der Waals surface area contributed by atoms with Crippen LogP contribution in [0.1, 0.15) is 115 Å². The second-order valence-electron chi connectivity index (χ2n) is 14.7. The molecule has 9 heteroatoms. The third kappa shape index (κ3) is 3.73. The number of fused-ring (bicyclic) bond motifs is 7. The van der Waals surface area contributed by atoms with Crippen LogP contribution in [0, 0.1) is 39.9 Å². The van der Waals surface area contributed by atoms with E-state index in [1.54, 1.807) is 6.92 Å². The quantitative estimate of drug-likeness (QED) is 0.282. The van der Waals surface area contributed by atoms with Crippen LogP contribution in [0.2, 0.25) is 0 Å². The first-order chi connectivity index (χ1) is 17.2. The van der Waals surface area contributed by atoms with E-state index in [0.29, 0.717) is 24.0 Å². The zero-order chi connectivity index (χ0) is 28.5. The summed E-state index contributed by atoms with van der Waals surface area (Å²) in [6.45, 7) is 14.7. The number of hydrogen-bond acceptors (Lipinski definition) is 6. The van der Waals surface area contributed by atoms with Crippen molar-refractivity contribution in [3.05, 3.63) is 22.8 Å². The minimum absolute atomic E-state index is 0. The van der Waals surface area contributed by atoms with Crippen molar-refractivity contribution >= 4 is 16.1 Å². The molecule has 0 spiro atoms. The Morgan fingerprint density at radius 1 is 0.949 bits per heavy atom. The van der Waals surface area contributed by atoms with Crippen LogP contribution in [0.3, 0.4) is 0 Å². The summed E-state index contributed by atoms with van der Waals surface area (Å²) in [5, 5.41) is 30.0. The van der Waals surface area contributed by atoms with Crippen molar-refractivity contribution in [2.24, 2.45) is 33.0 Å². The predicted molar refractivity (Wildman–Crippen MR) is 143 cm³/mol. The summed E-state index contributed by atoms with van der Waals surface area (Å²) in [4.78, 5) is 12.5. The van der Waals surface area contributed by atoms with Gasteiger partial charge >= 0.3 is 35.5 Å². The van der Waals surface area contributed by atoms with E-state index in [1.807, 2.05) is 6.92 Å². The molecule has 3 N–H and O–H groups in total. The second-order valence-corrected chi connectivity index (χ2v) is 16.3. The van der Waals surface area contributed by atoms with Gasteiger partial charge in [-0.3, -0.25) is 4.79 Å². The van der Waals surface area contributed by atoms with Gasteiger partial charge in [0.25, 0.3) is 0 Å². The van der Waals surface area contributed by atoms with E-state index in [1.165, 1.54) is 6.07 Å². The molecule has 0 amide bonds. The molecule has 3 saturated carbocycles. The molecule has 3 fully saturated rings. The molecule has 8 atom stereocenters. The fourth-order valence-corrected chi connectivity index (χ4v) is 11.5. The van der Waals surface area contributed by atoms with E-state index in [0.717, 1.165) is 32.1 Å². The summed E-state index contributed by atoms with van der Waals surface area (Å²) < 4.78 is 38.3. The topological polar surface area (TPSA) is 135 Å². The number of phenols is 2. The molecule has 1 aromatic rings. The monoisotopic (exact) mass is 570 g/mol.